The molecule has 0 radical (unpaired) electrons. The van der Waals surface area contributed by atoms with Crippen molar-refractivity contribution in [3.8, 4) is 0 Å². The average Bonchev–Trinajstić information content (AvgIpc) is 2.94. The molecule has 0 atom stereocenters. The second-order valence-electron chi connectivity index (χ2n) is 7.03. The number of anilines is 2. The molecule has 29 heavy (non-hydrogen) atoms. The topological polar surface area (TPSA) is 49.4 Å². The Bertz CT molecular complexity index is 1130. The molecule has 4 rings (SSSR count). The van der Waals surface area contributed by atoms with Crippen molar-refractivity contribution in [3.05, 3.63) is 101 Å². The van der Waals surface area contributed by atoms with Crippen LogP contribution in [0.25, 0.3) is 5.57 Å². The van der Waals surface area contributed by atoms with E-state index in [2.05, 4.69) is 5.32 Å². The van der Waals surface area contributed by atoms with Gasteiger partial charge in [-0.25, -0.2) is 9.29 Å². The number of rotatable bonds is 4. The van der Waals surface area contributed by atoms with Gasteiger partial charge in [0.2, 0.25) is 0 Å². The van der Waals surface area contributed by atoms with E-state index in [-0.39, 0.29) is 11.5 Å². The van der Waals surface area contributed by atoms with Gasteiger partial charge in [0, 0.05) is 5.69 Å². The largest absolute Gasteiger partial charge is 0.350 e. The number of nitrogens with zero attached hydrogens (tertiary/aromatic N) is 1. The van der Waals surface area contributed by atoms with Crippen molar-refractivity contribution in [2.75, 3.05) is 10.2 Å². The van der Waals surface area contributed by atoms with Crippen LogP contribution < -0.4 is 10.2 Å². The van der Waals surface area contributed by atoms with Crippen molar-refractivity contribution < 1.29 is 14.0 Å². The summed E-state index contributed by atoms with van der Waals surface area (Å²) in [5.41, 5.74) is 4.15. The number of imide groups is 1. The third-order valence-corrected chi connectivity index (χ3v) is 4.80. The molecule has 0 saturated carbocycles. The number of aryl methyl sites for hydroxylation is 2. The van der Waals surface area contributed by atoms with Gasteiger partial charge in [0.05, 0.1) is 11.3 Å². The van der Waals surface area contributed by atoms with E-state index < -0.39 is 11.8 Å². The van der Waals surface area contributed by atoms with E-state index in [0.717, 1.165) is 11.1 Å². The second kappa shape index (κ2) is 7.36. The number of benzene rings is 3. The highest BCUT2D eigenvalue weighted by Gasteiger charge is 2.40. The molecule has 1 aliphatic heterocycles. The van der Waals surface area contributed by atoms with Gasteiger partial charge < -0.3 is 5.32 Å². The predicted octanol–water partition coefficient (Wildman–Crippen LogP) is 4.84. The van der Waals surface area contributed by atoms with E-state index >= 15 is 0 Å². The standard InChI is InChI=1S/C24H19FN2O2/c1-15-6-8-17(9-7-15)21-22(26-19-12-10-18(25)11-13-19)24(29)27(23(21)28)20-5-3-4-16(2)14-20/h3-14,26H,1-2H3. The molecule has 1 heterocycles. The number of hydrogen-bond acceptors (Lipinski definition) is 3. The Morgan fingerprint density at radius 1 is 0.793 bits per heavy atom. The molecule has 0 aromatic heterocycles. The zero-order valence-corrected chi connectivity index (χ0v) is 16.1. The van der Waals surface area contributed by atoms with E-state index in [1.807, 2.05) is 50.2 Å². The number of nitrogens with one attached hydrogen (secondary N) is 1. The fraction of sp³-hybridized carbons (Fsp3) is 0.0833. The first-order valence-electron chi connectivity index (χ1n) is 9.23. The van der Waals surface area contributed by atoms with Crippen molar-refractivity contribution >= 4 is 28.8 Å². The molecule has 0 bridgehead atoms. The van der Waals surface area contributed by atoms with Crippen molar-refractivity contribution in [1.82, 2.24) is 0 Å². The molecular weight excluding hydrogens is 367 g/mol. The van der Waals surface area contributed by atoms with Crippen molar-refractivity contribution in [2.45, 2.75) is 13.8 Å². The average molecular weight is 386 g/mol. The van der Waals surface area contributed by atoms with Gasteiger partial charge in [0.25, 0.3) is 11.8 Å². The minimum absolute atomic E-state index is 0.173. The minimum atomic E-state index is -0.444. The zero-order chi connectivity index (χ0) is 20.5. The highest BCUT2D eigenvalue weighted by atomic mass is 19.1. The third-order valence-electron chi connectivity index (χ3n) is 4.80. The van der Waals surface area contributed by atoms with Crippen LogP contribution in [0.4, 0.5) is 15.8 Å². The van der Waals surface area contributed by atoms with E-state index in [1.165, 1.54) is 29.2 Å². The second-order valence-corrected chi connectivity index (χ2v) is 7.03. The van der Waals surface area contributed by atoms with Crippen molar-refractivity contribution in [1.29, 1.82) is 0 Å². The van der Waals surface area contributed by atoms with Gasteiger partial charge in [-0.1, -0.05) is 42.0 Å². The molecule has 144 valence electrons. The van der Waals surface area contributed by atoms with Crippen LogP contribution in [0.5, 0.6) is 0 Å². The van der Waals surface area contributed by atoms with Gasteiger partial charge >= 0.3 is 0 Å². The van der Waals surface area contributed by atoms with Crippen molar-refractivity contribution in [2.24, 2.45) is 0 Å². The van der Waals surface area contributed by atoms with Gasteiger partial charge in [0.1, 0.15) is 11.5 Å². The normalized spacial score (nSPS) is 14.0. The molecule has 0 spiro atoms. The molecule has 0 aliphatic carbocycles. The van der Waals surface area contributed by atoms with E-state index in [1.54, 1.807) is 12.1 Å². The predicted molar refractivity (Wildman–Crippen MR) is 112 cm³/mol. The first kappa shape index (κ1) is 18.6. The van der Waals surface area contributed by atoms with Crippen LogP contribution in [0, 0.1) is 19.7 Å². The lowest BCUT2D eigenvalue weighted by atomic mass is 10.0. The number of carbonyl (C=O) groups excluding carboxylic acids is 2. The number of carbonyl (C=O) groups is 2. The lowest BCUT2D eigenvalue weighted by Gasteiger charge is -2.16. The van der Waals surface area contributed by atoms with Crippen molar-refractivity contribution in [3.63, 3.8) is 0 Å². The first-order chi connectivity index (χ1) is 13.9. The highest BCUT2D eigenvalue weighted by molar-refractivity contribution is 6.46. The molecule has 3 aromatic carbocycles. The molecule has 1 N–H and O–H groups in total. The fourth-order valence-electron chi connectivity index (χ4n) is 3.31. The van der Waals surface area contributed by atoms with Crippen LogP contribution in [0.3, 0.4) is 0 Å². The highest BCUT2D eigenvalue weighted by Crippen LogP contribution is 2.34. The fourth-order valence-corrected chi connectivity index (χ4v) is 3.31. The Hall–Kier alpha value is -3.73. The smallest absolute Gasteiger partial charge is 0.282 e. The zero-order valence-electron chi connectivity index (χ0n) is 16.1. The summed E-state index contributed by atoms with van der Waals surface area (Å²) in [5.74, 6) is -1.21. The number of hydrogen-bond donors (Lipinski definition) is 1. The van der Waals surface area contributed by atoms with Gasteiger partial charge in [-0.3, -0.25) is 9.59 Å². The number of halogens is 1. The molecule has 5 heteroatoms. The van der Waals surface area contributed by atoms with Crippen LogP contribution >= 0.6 is 0 Å². The Morgan fingerprint density at radius 3 is 2.14 bits per heavy atom. The van der Waals surface area contributed by atoms with Gasteiger partial charge in [-0.15, -0.1) is 0 Å². The molecule has 3 aromatic rings. The molecule has 4 nitrogen and oxygen atoms in total. The summed E-state index contributed by atoms with van der Waals surface area (Å²) in [6, 6.07) is 20.3. The molecule has 0 fully saturated rings. The molecule has 0 unspecified atom stereocenters. The van der Waals surface area contributed by atoms with E-state index in [4.69, 9.17) is 0 Å². The summed E-state index contributed by atoms with van der Waals surface area (Å²) in [7, 11) is 0. The molecule has 0 saturated heterocycles. The maximum absolute atomic E-state index is 13.3. The Morgan fingerprint density at radius 2 is 1.48 bits per heavy atom. The Kier molecular flexibility index (Phi) is 4.72. The van der Waals surface area contributed by atoms with Gasteiger partial charge in [0.15, 0.2) is 0 Å². The van der Waals surface area contributed by atoms with E-state index in [9.17, 15) is 14.0 Å². The quantitative estimate of drug-likeness (QED) is 0.653. The van der Waals surface area contributed by atoms with Crippen LogP contribution in [0.1, 0.15) is 16.7 Å². The lowest BCUT2D eigenvalue weighted by Crippen LogP contribution is -2.32. The number of amides is 2. The maximum Gasteiger partial charge on any atom is 0.282 e. The lowest BCUT2D eigenvalue weighted by molar-refractivity contribution is -0.120. The summed E-state index contributed by atoms with van der Waals surface area (Å²) >= 11 is 0. The van der Waals surface area contributed by atoms with E-state index in [0.29, 0.717) is 22.5 Å². The first-order valence-corrected chi connectivity index (χ1v) is 9.23. The maximum atomic E-state index is 13.3. The van der Waals surface area contributed by atoms with Gasteiger partial charge in [-0.05, 0) is 61.4 Å². The SMILES string of the molecule is Cc1ccc(C2=C(Nc3ccc(F)cc3)C(=O)N(c3cccc(C)c3)C2=O)cc1. The summed E-state index contributed by atoms with van der Waals surface area (Å²) in [5, 5.41) is 3.03. The summed E-state index contributed by atoms with van der Waals surface area (Å²) in [6.45, 7) is 3.86. The monoisotopic (exact) mass is 386 g/mol. The summed E-state index contributed by atoms with van der Waals surface area (Å²) < 4.78 is 13.3. The third kappa shape index (κ3) is 3.55. The molecule has 1 aliphatic rings. The van der Waals surface area contributed by atoms with Crippen LogP contribution in [-0.2, 0) is 9.59 Å². The molecule has 2 amide bonds. The van der Waals surface area contributed by atoms with Crippen LogP contribution in [-0.4, -0.2) is 11.8 Å². The summed E-state index contributed by atoms with van der Waals surface area (Å²) in [4.78, 5) is 27.7. The minimum Gasteiger partial charge on any atom is -0.350 e. The van der Waals surface area contributed by atoms with Crippen LogP contribution in [0.15, 0.2) is 78.5 Å². The Labute approximate surface area is 168 Å². The van der Waals surface area contributed by atoms with Crippen LogP contribution in [0.2, 0.25) is 0 Å². The summed E-state index contributed by atoms with van der Waals surface area (Å²) in [6.07, 6.45) is 0. The molecular formula is C24H19FN2O2. The Balaban J connectivity index is 1.82. The van der Waals surface area contributed by atoms with Gasteiger partial charge in [-0.2, -0.15) is 0 Å².